The van der Waals surface area contributed by atoms with E-state index >= 15 is 0 Å². The summed E-state index contributed by atoms with van der Waals surface area (Å²) in [6.07, 6.45) is -0.913. The van der Waals surface area contributed by atoms with E-state index in [2.05, 4.69) is 5.32 Å². The predicted octanol–water partition coefficient (Wildman–Crippen LogP) is 6.82. The zero-order chi connectivity index (χ0) is 31.9. The lowest BCUT2D eigenvalue weighted by Gasteiger charge is -2.37. The molecular formula is C39H34N2O5. The number of aliphatic carboxylic acids is 1. The molecule has 1 aliphatic rings. The van der Waals surface area contributed by atoms with Gasteiger partial charge in [0.15, 0.2) is 0 Å². The number of carbonyl (C=O) groups excluding carboxylic acids is 2. The number of hydrogen-bond donors (Lipinski definition) is 2. The molecule has 0 aromatic heterocycles. The number of benzene rings is 5. The zero-order valence-electron chi connectivity index (χ0n) is 25.2. The van der Waals surface area contributed by atoms with E-state index in [-0.39, 0.29) is 31.4 Å². The number of nitrogens with zero attached hydrogens (tertiary/aromatic N) is 1. The minimum Gasteiger partial charge on any atom is -0.480 e. The Labute approximate surface area is 268 Å². The molecule has 0 spiro atoms. The fraction of sp³-hybridized carbons (Fsp3) is 0.154. The molecule has 2 amide bonds. The van der Waals surface area contributed by atoms with Crippen molar-refractivity contribution in [3.8, 4) is 11.1 Å². The van der Waals surface area contributed by atoms with Crippen LogP contribution in [-0.2, 0) is 19.9 Å². The van der Waals surface area contributed by atoms with Crippen molar-refractivity contribution in [3.05, 3.63) is 167 Å². The lowest BCUT2D eigenvalue weighted by Crippen LogP contribution is -2.49. The fourth-order valence-electron chi connectivity index (χ4n) is 6.37. The van der Waals surface area contributed by atoms with E-state index in [4.69, 9.17) is 4.74 Å². The van der Waals surface area contributed by atoms with Crippen molar-refractivity contribution in [3.63, 3.8) is 0 Å². The second-order valence-corrected chi connectivity index (χ2v) is 11.3. The molecule has 0 atom stereocenters. The van der Waals surface area contributed by atoms with E-state index in [1.165, 1.54) is 0 Å². The van der Waals surface area contributed by atoms with Gasteiger partial charge in [-0.15, -0.1) is 0 Å². The fourth-order valence-corrected chi connectivity index (χ4v) is 6.37. The summed E-state index contributed by atoms with van der Waals surface area (Å²) in [5.41, 5.74) is 5.86. The maximum absolute atomic E-state index is 13.8. The Hall–Kier alpha value is -5.69. The van der Waals surface area contributed by atoms with Gasteiger partial charge in [0, 0.05) is 18.9 Å². The first kappa shape index (κ1) is 30.3. The van der Waals surface area contributed by atoms with Crippen molar-refractivity contribution in [1.82, 2.24) is 10.2 Å². The number of nitrogens with one attached hydrogen (secondary N) is 1. The number of carbonyl (C=O) groups is 3. The standard InChI is InChI=1S/C39H34N2O5/c42-36(40-39(28-14-4-1-5-15-28,29-16-6-2-7-17-29)30-18-8-3-9-19-30)24-25-41(26-37(43)44)38(45)46-27-35-33-22-12-10-20-31(33)32-21-11-13-23-34(32)35/h1-23,35H,24-27H2,(H,40,42)(H,43,44). The molecule has 0 aliphatic heterocycles. The summed E-state index contributed by atoms with van der Waals surface area (Å²) in [4.78, 5) is 40.0. The second-order valence-electron chi connectivity index (χ2n) is 11.3. The highest BCUT2D eigenvalue weighted by atomic mass is 16.6. The van der Waals surface area contributed by atoms with Crippen LogP contribution in [-0.4, -0.2) is 47.7 Å². The summed E-state index contributed by atoms with van der Waals surface area (Å²) < 4.78 is 5.74. The van der Waals surface area contributed by atoms with Gasteiger partial charge in [0.2, 0.25) is 5.91 Å². The molecule has 0 unspecified atom stereocenters. The van der Waals surface area contributed by atoms with E-state index in [0.717, 1.165) is 43.8 Å². The van der Waals surface area contributed by atoms with Crippen LogP contribution in [0.1, 0.15) is 40.2 Å². The Morgan fingerprint density at radius 2 is 1.09 bits per heavy atom. The van der Waals surface area contributed by atoms with Gasteiger partial charge < -0.3 is 15.2 Å². The Morgan fingerprint density at radius 3 is 1.54 bits per heavy atom. The lowest BCUT2D eigenvalue weighted by molar-refractivity contribution is -0.138. The Bertz CT molecular complexity index is 1680. The van der Waals surface area contributed by atoms with Crippen molar-refractivity contribution in [2.24, 2.45) is 0 Å². The average Bonchev–Trinajstić information content (AvgIpc) is 3.42. The van der Waals surface area contributed by atoms with Gasteiger partial charge in [0.05, 0.1) is 0 Å². The summed E-state index contributed by atoms with van der Waals surface area (Å²) >= 11 is 0. The van der Waals surface area contributed by atoms with E-state index in [9.17, 15) is 19.5 Å². The zero-order valence-corrected chi connectivity index (χ0v) is 25.2. The first-order valence-corrected chi connectivity index (χ1v) is 15.3. The maximum atomic E-state index is 13.8. The third-order valence-electron chi connectivity index (χ3n) is 8.48. The van der Waals surface area contributed by atoms with Crippen molar-refractivity contribution in [1.29, 1.82) is 0 Å². The first-order chi connectivity index (χ1) is 22.5. The van der Waals surface area contributed by atoms with Crippen molar-refractivity contribution in [2.45, 2.75) is 17.9 Å². The summed E-state index contributed by atoms with van der Waals surface area (Å²) in [5, 5.41) is 12.9. The molecule has 1 aliphatic carbocycles. The monoisotopic (exact) mass is 610 g/mol. The van der Waals surface area contributed by atoms with Crippen LogP contribution in [0.5, 0.6) is 0 Å². The number of ether oxygens (including phenoxy) is 1. The molecule has 0 radical (unpaired) electrons. The van der Waals surface area contributed by atoms with Crippen LogP contribution in [0.15, 0.2) is 140 Å². The second kappa shape index (κ2) is 13.5. The molecule has 7 heteroatoms. The van der Waals surface area contributed by atoms with Crippen LogP contribution in [0.2, 0.25) is 0 Å². The number of amides is 2. The van der Waals surface area contributed by atoms with Crippen LogP contribution < -0.4 is 5.32 Å². The topological polar surface area (TPSA) is 95.9 Å². The van der Waals surface area contributed by atoms with Gasteiger partial charge in [0.1, 0.15) is 18.7 Å². The molecule has 0 fully saturated rings. The van der Waals surface area contributed by atoms with Crippen LogP contribution in [0, 0.1) is 0 Å². The van der Waals surface area contributed by atoms with Gasteiger partial charge >= 0.3 is 12.1 Å². The van der Waals surface area contributed by atoms with Crippen LogP contribution in [0.4, 0.5) is 4.79 Å². The van der Waals surface area contributed by atoms with E-state index in [1.54, 1.807) is 0 Å². The molecular weight excluding hydrogens is 576 g/mol. The number of hydrogen-bond acceptors (Lipinski definition) is 4. The lowest BCUT2D eigenvalue weighted by atomic mass is 9.77. The van der Waals surface area contributed by atoms with Crippen molar-refractivity contribution < 1.29 is 24.2 Å². The molecule has 0 bridgehead atoms. The molecule has 2 N–H and O–H groups in total. The van der Waals surface area contributed by atoms with Crippen LogP contribution in [0.3, 0.4) is 0 Å². The molecule has 46 heavy (non-hydrogen) atoms. The minimum atomic E-state index is -1.19. The Morgan fingerprint density at radius 1 is 0.652 bits per heavy atom. The number of fused-ring (bicyclic) bond motifs is 3. The molecule has 6 rings (SSSR count). The van der Waals surface area contributed by atoms with Gasteiger partial charge in [-0.05, 0) is 38.9 Å². The maximum Gasteiger partial charge on any atom is 0.410 e. The van der Waals surface area contributed by atoms with Gasteiger partial charge in [-0.3, -0.25) is 14.5 Å². The van der Waals surface area contributed by atoms with Gasteiger partial charge in [-0.1, -0.05) is 140 Å². The summed E-state index contributed by atoms with van der Waals surface area (Å²) in [7, 11) is 0. The molecule has 5 aromatic rings. The summed E-state index contributed by atoms with van der Waals surface area (Å²) in [6.45, 7) is -0.678. The van der Waals surface area contributed by atoms with E-state index < -0.39 is 24.1 Å². The summed E-state index contributed by atoms with van der Waals surface area (Å²) in [5.74, 6) is -1.71. The third kappa shape index (κ3) is 6.13. The normalized spacial score (nSPS) is 12.1. The van der Waals surface area contributed by atoms with E-state index in [1.807, 2.05) is 140 Å². The highest BCUT2D eigenvalue weighted by Crippen LogP contribution is 2.44. The molecule has 0 saturated heterocycles. The van der Waals surface area contributed by atoms with Gasteiger partial charge in [-0.2, -0.15) is 0 Å². The van der Waals surface area contributed by atoms with E-state index in [0.29, 0.717) is 0 Å². The highest BCUT2D eigenvalue weighted by molar-refractivity contribution is 5.82. The smallest absolute Gasteiger partial charge is 0.410 e. The SMILES string of the molecule is O=C(O)CN(CCC(=O)NC(c1ccccc1)(c1ccccc1)c1ccccc1)C(=O)OCC1c2ccccc2-c2ccccc21. The molecule has 7 nitrogen and oxygen atoms in total. The van der Waals surface area contributed by atoms with Crippen molar-refractivity contribution in [2.75, 3.05) is 19.7 Å². The third-order valence-corrected chi connectivity index (χ3v) is 8.48. The van der Waals surface area contributed by atoms with Crippen LogP contribution in [0.25, 0.3) is 11.1 Å². The van der Waals surface area contributed by atoms with Crippen molar-refractivity contribution >= 4 is 18.0 Å². The first-order valence-electron chi connectivity index (χ1n) is 15.3. The summed E-state index contributed by atoms with van der Waals surface area (Å²) in [6, 6.07) is 45.1. The van der Waals surface area contributed by atoms with Crippen LogP contribution >= 0.6 is 0 Å². The molecule has 230 valence electrons. The van der Waals surface area contributed by atoms with Gasteiger partial charge in [0.25, 0.3) is 0 Å². The largest absolute Gasteiger partial charge is 0.480 e. The average molecular weight is 611 g/mol. The molecule has 0 saturated carbocycles. The van der Waals surface area contributed by atoms with Gasteiger partial charge in [-0.25, -0.2) is 4.79 Å². The molecule has 5 aromatic carbocycles. The Balaban J connectivity index is 1.21. The number of rotatable bonds is 11. The highest BCUT2D eigenvalue weighted by Gasteiger charge is 2.38. The predicted molar refractivity (Wildman–Crippen MR) is 176 cm³/mol. The minimum absolute atomic E-state index is 0.0499. The number of carboxylic acid groups (broad SMARTS) is 1. The Kier molecular flexibility index (Phi) is 8.92. The number of carboxylic acids is 1. The quantitative estimate of drug-likeness (QED) is 0.160. The molecule has 0 heterocycles.